The van der Waals surface area contributed by atoms with Crippen LogP contribution in [0.25, 0.3) is 0 Å². The average molecular weight is 318 g/mol. The molecule has 0 bridgehead atoms. The molecule has 0 fully saturated rings. The minimum atomic E-state index is -0.226. The van der Waals surface area contributed by atoms with Gasteiger partial charge in [-0.3, -0.25) is 9.59 Å². The highest BCUT2D eigenvalue weighted by Gasteiger charge is 2.18. The van der Waals surface area contributed by atoms with Crippen LogP contribution in [0, 0.1) is 0 Å². The van der Waals surface area contributed by atoms with Crippen LogP contribution in [0.3, 0.4) is 0 Å². The molecule has 5 heteroatoms. The third-order valence-electron chi connectivity index (χ3n) is 3.63. The fourth-order valence-electron chi connectivity index (χ4n) is 2.21. The van der Waals surface area contributed by atoms with Crippen LogP contribution < -0.4 is 0 Å². The van der Waals surface area contributed by atoms with E-state index in [1.54, 1.807) is 12.0 Å². The van der Waals surface area contributed by atoms with Crippen LogP contribution in [0.1, 0.15) is 12.5 Å². The van der Waals surface area contributed by atoms with Crippen LogP contribution in [0.5, 0.6) is 0 Å². The number of hydrogen-bond donors (Lipinski definition) is 0. The molecule has 0 aliphatic carbocycles. The molecule has 0 saturated heterocycles. The van der Waals surface area contributed by atoms with Gasteiger partial charge in [0.15, 0.2) is 0 Å². The van der Waals surface area contributed by atoms with Gasteiger partial charge >= 0.3 is 0 Å². The maximum atomic E-state index is 12.5. The third-order valence-corrected chi connectivity index (χ3v) is 3.63. The molecule has 0 aliphatic rings. The van der Waals surface area contributed by atoms with E-state index in [0.29, 0.717) is 26.2 Å². The summed E-state index contributed by atoms with van der Waals surface area (Å²) in [6, 6.07) is 10.0. The van der Waals surface area contributed by atoms with Crippen molar-refractivity contribution < 1.29 is 14.3 Å². The molecule has 0 atom stereocenters. The van der Waals surface area contributed by atoms with E-state index >= 15 is 0 Å². The van der Waals surface area contributed by atoms with Crippen molar-refractivity contribution in [3.8, 4) is 0 Å². The molecule has 23 heavy (non-hydrogen) atoms. The summed E-state index contributed by atoms with van der Waals surface area (Å²) in [5.41, 5.74) is 1.18. The first-order valence-corrected chi connectivity index (χ1v) is 7.84. The largest absolute Gasteiger partial charge is 0.383 e. The number of likely N-dealkylation sites (N-methyl/N-ethyl adjacent to an activating group) is 1. The normalized spacial score (nSPS) is 10.2. The molecular weight excluding hydrogens is 292 g/mol. The lowest BCUT2D eigenvalue weighted by atomic mass is 10.1. The van der Waals surface area contributed by atoms with Crippen molar-refractivity contribution in [2.45, 2.75) is 13.3 Å². The van der Waals surface area contributed by atoms with Gasteiger partial charge in [-0.2, -0.15) is 0 Å². The van der Waals surface area contributed by atoms with Gasteiger partial charge in [0.1, 0.15) is 0 Å². The molecule has 1 aromatic carbocycles. The van der Waals surface area contributed by atoms with Gasteiger partial charge in [-0.25, -0.2) is 0 Å². The summed E-state index contributed by atoms with van der Waals surface area (Å²) in [5.74, 6) is -0.300. The Hall–Kier alpha value is -2.14. The first kappa shape index (κ1) is 18.9. The van der Waals surface area contributed by atoms with E-state index in [9.17, 15) is 9.59 Å². The molecule has 0 aliphatic heterocycles. The molecule has 0 heterocycles. The molecule has 0 saturated carbocycles. The lowest BCUT2D eigenvalue weighted by Gasteiger charge is -2.26. The Kier molecular flexibility index (Phi) is 8.68. The zero-order chi connectivity index (χ0) is 17.1. The predicted octanol–water partition coefficient (Wildman–Crippen LogP) is 1.74. The third kappa shape index (κ3) is 6.65. The standard InChI is InChI=1S/C18H26N2O3/c1-4-17(21)19(5-2)15-18(22)20(13-14-23-3)12-11-16-9-7-6-8-10-16/h4,6-10H,1,5,11-15H2,2-3H3. The van der Waals surface area contributed by atoms with Crippen LogP contribution in [0.15, 0.2) is 43.0 Å². The van der Waals surface area contributed by atoms with Crippen LogP contribution >= 0.6 is 0 Å². The van der Waals surface area contributed by atoms with E-state index in [-0.39, 0.29) is 18.4 Å². The quantitative estimate of drug-likeness (QED) is 0.618. The molecule has 1 rings (SSSR count). The van der Waals surface area contributed by atoms with E-state index < -0.39 is 0 Å². The van der Waals surface area contributed by atoms with E-state index in [2.05, 4.69) is 6.58 Å². The Bertz CT molecular complexity index is 502. The number of rotatable bonds is 10. The van der Waals surface area contributed by atoms with Crippen molar-refractivity contribution in [2.75, 3.05) is 39.9 Å². The fraction of sp³-hybridized carbons (Fsp3) is 0.444. The van der Waals surface area contributed by atoms with Crippen LogP contribution in [0.2, 0.25) is 0 Å². The smallest absolute Gasteiger partial charge is 0.246 e. The molecule has 0 aromatic heterocycles. The number of methoxy groups -OCH3 is 1. The number of hydrogen-bond acceptors (Lipinski definition) is 3. The van der Waals surface area contributed by atoms with E-state index in [0.717, 1.165) is 6.42 Å². The van der Waals surface area contributed by atoms with Crippen molar-refractivity contribution in [3.05, 3.63) is 48.6 Å². The topological polar surface area (TPSA) is 49.9 Å². The number of benzene rings is 1. The Labute approximate surface area is 138 Å². The number of nitrogens with zero attached hydrogens (tertiary/aromatic N) is 2. The van der Waals surface area contributed by atoms with Gasteiger partial charge < -0.3 is 14.5 Å². The van der Waals surface area contributed by atoms with Crippen molar-refractivity contribution >= 4 is 11.8 Å². The van der Waals surface area contributed by atoms with Gasteiger partial charge in [-0.05, 0) is 25.0 Å². The summed E-state index contributed by atoms with van der Waals surface area (Å²) >= 11 is 0. The molecular formula is C18H26N2O3. The second-order valence-electron chi connectivity index (χ2n) is 5.17. The summed E-state index contributed by atoms with van der Waals surface area (Å²) < 4.78 is 5.08. The predicted molar refractivity (Wildman–Crippen MR) is 91.1 cm³/mol. The van der Waals surface area contributed by atoms with Crippen molar-refractivity contribution in [3.63, 3.8) is 0 Å². The number of carbonyl (C=O) groups excluding carboxylic acids is 2. The Balaban J connectivity index is 2.65. The van der Waals surface area contributed by atoms with Gasteiger partial charge in [0.2, 0.25) is 11.8 Å². The zero-order valence-electron chi connectivity index (χ0n) is 14.0. The number of carbonyl (C=O) groups is 2. The highest BCUT2D eigenvalue weighted by atomic mass is 16.5. The van der Waals surface area contributed by atoms with Crippen LogP contribution in [-0.4, -0.2) is 61.5 Å². The monoisotopic (exact) mass is 318 g/mol. The first-order valence-electron chi connectivity index (χ1n) is 7.84. The zero-order valence-corrected chi connectivity index (χ0v) is 14.0. The summed E-state index contributed by atoms with van der Waals surface area (Å²) in [4.78, 5) is 27.4. The Morgan fingerprint density at radius 3 is 2.43 bits per heavy atom. The van der Waals surface area contributed by atoms with Gasteiger partial charge in [0.05, 0.1) is 13.2 Å². The molecule has 1 aromatic rings. The average Bonchev–Trinajstić information content (AvgIpc) is 2.59. The maximum absolute atomic E-state index is 12.5. The van der Waals surface area contributed by atoms with E-state index in [1.807, 2.05) is 37.3 Å². The van der Waals surface area contributed by atoms with E-state index in [1.165, 1.54) is 16.5 Å². The highest BCUT2D eigenvalue weighted by Crippen LogP contribution is 2.03. The molecule has 2 amide bonds. The lowest BCUT2D eigenvalue weighted by Crippen LogP contribution is -2.44. The lowest BCUT2D eigenvalue weighted by molar-refractivity contribution is -0.138. The van der Waals surface area contributed by atoms with Gasteiger partial charge in [0, 0.05) is 26.7 Å². The molecule has 5 nitrogen and oxygen atoms in total. The highest BCUT2D eigenvalue weighted by molar-refractivity contribution is 5.90. The molecule has 0 spiro atoms. The molecule has 126 valence electrons. The second kappa shape index (κ2) is 10.6. The van der Waals surface area contributed by atoms with Crippen molar-refractivity contribution in [1.82, 2.24) is 9.80 Å². The van der Waals surface area contributed by atoms with Crippen molar-refractivity contribution in [2.24, 2.45) is 0 Å². The molecule has 0 radical (unpaired) electrons. The van der Waals surface area contributed by atoms with E-state index in [4.69, 9.17) is 4.74 Å². The maximum Gasteiger partial charge on any atom is 0.246 e. The number of ether oxygens (including phenoxy) is 1. The summed E-state index contributed by atoms with van der Waals surface area (Å²) in [7, 11) is 1.61. The summed E-state index contributed by atoms with van der Waals surface area (Å²) in [6.07, 6.45) is 2.01. The molecule has 0 N–H and O–H groups in total. The van der Waals surface area contributed by atoms with Crippen LogP contribution in [-0.2, 0) is 20.7 Å². The van der Waals surface area contributed by atoms with Gasteiger partial charge in [0.25, 0.3) is 0 Å². The minimum Gasteiger partial charge on any atom is -0.383 e. The van der Waals surface area contributed by atoms with Crippen LogP contribution in [0.4, 0.5) is 0 Å². The minimum absolute atomic E-state index is 0.0693. The summed E-state index contributed by atoms with van der Waals surface area (Å²) in [5, 5.41) is 0. The van der Waals surface area contributed by atoms with Gasteiger partial charge in [-0.15, -0.1) is 0 Å². The Morgan fingerprint density at radius 1 is 1.17 bits per heavy atom. The van der Waals surface area contributed by atoms with Crippen molar-refractivity contribution in [1.29, 1.82) is 0 Å². The summed E-state index contributed by atoms with van der Waals surface area (Å²) in [6.45, 7) is 7.46. The molecule has 0 unspecified atom stereocenters. The first-order chi connectivity index (χ1) is 11.1. The SMILES string of the molecule is C=CC(=O)N(CC)CC(=O)N(CCOC)CCc1ccccc1. The second-order valence-corrected chi connectivity index (χ2v) is 5.17. The fourth-order valence-corrected chi connectivity index (χ4v) is 2.21. The van der Waals surface area contributed by atoms with Gasteiger partial charge in [-0.1, -0.05) is 36.9 Å². The number of amides is 2. The Morgan fingerprint density at radius 2 is 1.87 bits per heavy atom.